The van der Waals surface area contributed by atoms with Gasteiger partial charge >= 0.3 is 0 Å². The maximum atomic E-state index is 12.3. The lowest BCUT2D eigenvalue weighted by Gasteiger charge is -2.11. The number of hydrogen-bond donors (Lipinski definition) is 2. The molecule has 2 aromatic heterocycles. The highest BCUT2D eigenvalue weighted by Crippen LogP contribution is 2.18. The number of nitrogens with one attached hydrogen (secondary N) is 2. The highest BCUT2D eigenvalue weighted by molar-refractivity contribution is 6.33. The smallest absolute Gasteiger partial charge is 0.253 e. The summed E-state index contributed by atoms with van der Waals surface area (Å²) in [5, 5.41) is 10.3. The Morgan fingerprint density at radius 1 is 1.22 bits per heavy atom. The molecule has 116 valence electrons. The van der Waals surface area contributed by atoms with Crippen LogP contribution in [0.2, 0.25) is 5.02 Å². The van der Waals surface area contributed by atoms with Crippen LogP contribution in [0.5, 0.6) is 0 Å². The van der Waals surface area contributed by atoms with Gasteiger partial charge in [-0.25, -0.2) is 4.98 Å². The van der Waals surface area contributed by atoms with Gasteiger partial charge in [0.1, 0.15) is 5.82 Å². The molecule has 1 amide bonds. The average Bonchev–Trinajstić information content (AvgIpc) is 3.06. The van der Waals surface area contributed by atoms with Crippen molar-refractivity contribution in [3.8, 4) is 11.4 Å². The van der Waals surface area contributed by atoms with E-state index in [0.29, 0.717) is 22.2 Å². The molecular formula is C16H14ClN5O. The van der Waals surface area contributed by atoms with Gasteiger partial charge in [-0.15, -0.1) is 0 Å². The van der Waals surface area contributed by atoms with E-state index in [2.05, 4.69) is 25.5 Å². The third-order valence-electron chi connectivity index (χ3n) is 3.32. The SMILES string of the molecule is C[C@H](NC(=O)c1ccccc1Cl)c1nc(-c2ccncc2)n[nH]1. The summed E-state index contributed by atoms with van der Waals surface area (Å²) in [5.74, 6) is 0.864. The predicted octanol–water partition coefficient (Wildman–Crippen LogP) is 3.01. The van der Waals surface area contributed by atoms with Crippen LogP contribution in [0.3, 0.4) is 0 Å². The lowest BCUT2D eigenvalue weighted by atomic mass is 10.2. The number of carbonyl (C=O) groups is 1. The third-order valence-corrected chi connectivity index (χ3v) is 3.65. The number of rotatable bonds is 4. The number of H-pyrrole nitrogens is 1. The fraction of sp³-hybridized carbons (Fsp3) is 0.125. The summed E-state index contributed by atoms with van der Waals surface area (Å²) in [7, 11) is 0. The second kappa shape index (κ2) is 6.58. The Labute approximate surface area is 137 Å². The van der Waals surface area contributed by atoms with E-state index >= 15 is 0 Å². The van der Waals surface area contributed by atoms with Gasteiger partial charge in [-0.2, -0.15) is 5.10 Å². The Morgan fingerprint density at radius 2 is 1.96 bits per heavy atom. The zero-order valence-electron chi connectivity index (χ0n) is 12.3. The minimum atomic E-state index is -0.332. The van der Waals surface area contributed by atoms with Crippen LogP contribution in [0.25, 0.3) is 11.4 Å². The zero-order chi connectivity index (χ0) is 16.2. The molecule has 0 radical (unpaired) electrons. The number of hydrogen-bond acceptors (Lipinski definition) is 4. The van der Waals surface area contributed by atoms with Crippen molar-refractivity contribution < 1.29 is 4.79 Å². The zero-order valence-corrected chi connectivity index (χ0v) is 13.1. The van der Waals surface area contributed by atoms with Crippen LogP contribution in [0.15, 0.2) is 48.8 Å². The molecule has 0 aliphatic heterocycles. The summed E-state index contributed by atoms with van der Waals surface area (Å²) >= 11 is 6.03. The van der Waals surface area contributed by atoms with Crippen LogP contribution in [0, 0.1) is 0 Å². The van der Waals surface area contributed by atoms with E-state index in [1.54, 1.807) is 36.7 Å². The number of pyridine rings is 1. The Kier molecular flexibility index (Phi) is 4.34. The summed E-state index contributed by atoms with van der Waals surface area (Å²) < 4.78 is 0. The summed E-state index contributed by atoms with van der Waals surface area (Å²) in [6, 6.07) is 10.2. The molecule has 7 heteroatoms. The van der Waals surface area contributed by atoms with Gasteiger partial charge in [-0.05, 0) is 31.2 Å². The number of aromatic amines is 1. The van der Waals surface area contributed by atoms with Gasteiger partial charge in [-0.3, -0.25) is 14.9 Å². The summed E-state index contributed by atoms with van der Waals surface area (Å²) in [6.07, 6.45) is 3.35. The minimum absolute atomic E-state index is 0.259. The number of benzene rings is 1. The average molecular weight is 328 g/mol. The molecule has 0 saturated carbocycles. The van der Waals surface area contributed by atoms with E-state index in [4.69, 9.17) is 11.6 Å². The predicted molar refractivity (Wildman–Crippen MR) is 86.9 cm³/mol. The number of amides is 1. The Hall–Kier alpha value is -2.73. The van der Waals surface area contributed by atoms with Gasteiger partial charge in [0.2, 0.25) is 0 Å². The van der Waals surface area contributed by atoms with Crippen LogP contribution in [-0.2, 0) is 0 Å². The molecule has 2 heterocycles. The van der Waals surface area contributed by atoms with Gasteiger partial charge in [0.05, 0.1) is 16.6 Å². The van der Waals surface area contributed by atoms with Crippen molar-refractivity contribution in [1.29, 1.82) is 0 Å². The van der Waals surface area contributed by atoms with Gasteiger partial charge < -0.3 is 5.32 Å². The van der Waals surface area contributed by atoms with E-state index in [1.807, 2.05) is 19.1 Å². The molecule has 1 aromatic carbocycles. The van der Waals surface area contributed by atoms with Crippen LogP contribution in [0.4, 0.5) is 0 Å². The van der Waals surface area contributed by atoms with Crippen LogP contribution in [0.1, 0.15) is 29.1 Å². The van der Waals surface area contributed by atoms with Gasteiger partial charge in [-0.1, -0.05) is 23.7 Å². The van der Waals surface area contributed by atoms with Crippen molar-refractivity contribution in [3.05, 3.63) is 65.2 Å². The molecule has 0 fully saturated rings. The van der Waals surface area contributed by atoms with Crippen molar-refractivity contribution in [2.45, 2.75) is 13.0 Å². The second-order valence-corrected chi connectivity index (χ2v) is 5.36. The first-order chi connectivity index (χ1) is 11.1. The molecule has 0 saturated heterocycles. The quantitative estimate of drug-likeness (QED) is 0.771. The first-order valence-corrected chi connectivity index (χ1v) is 7.41. The van der Waals surface area contributed by atoms with E-state index < -0.39 is 0 Å². The fourth-order valence-electron chi connectivity index (χ4n) is 2.09. The Balaban J connectivity index is 1.74. The number of carbonyl (C=O) groups excluding carboxylic acids is 1. The van der Waals surface area contributed by atoms with Gasteiger partial charge in [0, 0.05) is 18.0 Å². The van der Waals surface area contributed by atoms with Gasteiger partial charge in [0.15, 0.2) is 5.82 Å². The van der Waals surface area contributed by atoms with Crippen LogP contribution < -0.4 is 5.32 Å². The molecule has 1 atom stereocenters. The first-order valence-electron chi connectivity index (χ1n) is 7.03. The normalized spacial score (nSPS) is 11.9. The maximum absolute atomic E-state index is 12.3. The van der Waals surface area contributed by atoms with Crippen LogP contribution >= 0.6 is 11.6 Å². The van der Waals surface area contributed by atoms with Crippen molar-refractivity contribution in [2.24, 2.45) is 0 Å². The molecule has 23 heavy (non-hydrogen) atoms. The molecule has 6 nitrogen and oxygen atoms in total. The molecule has 3 rings (SSSR count). The van der Waals surface area contributed by atoms with E-state index in [1.165, 1.54) is 0 Å². The summed E-state index contributed by atoms with van der Waals surface area (Å²) in [6.45, 7) is 1.82. The molecule has 0 aliphatic rings. The van der Waals surface area contributed by atoms with Gasteiger partial charge in [0.25, 0.3) is 5.91 Å². The van der Waals surface area contributed by atoms with Crippen molar-refractivity contribution in [1.82, 2.24) is 25.5 Å². The fourth-order valence-corrected chi connectivity index (χ4v) is 2.31. The molecule has 0 bridgehead atoms. The third kappa shape index (κ3) is 3.37. The summed E-state index contributed by atoms with van der Waals surface area (Å²) in [4.78, 5) is 20.6. The molecule has 3 aromatic rings. The monoisotopic (exact) mass is 327 g/mol. The molecule has 0 unspecified atom stereocenters. The molecule has 0 spiro atoms. The molecule has 0 aliphatic carbocycles. The summed E-state index contributed by atoms with van der Waals surface area (Å²) in [5.41, 5.74) is 1.28. The number of halogens is 1. The topological polar surface area (TPSA) is 83.6 Å². The van der Waals surface area contributed by atoms with E-state index in [0.717, 1.165) is 5.56 Å². The molecular weight excluding hydrogens is 314 g/mol. The number of nitrogens with zero attached hydrogens (tertiary/aromatic N) is 3. The lowest BCUT2D eigenvalue weighted by Crippen LogP contribution is -2.27. The van der Waals surface area contributed by atoms with Crippen molar-refractivity contribution in [3.63, 3.8) is 0 Å². The highest BCUT2D eigenvalue weighted by Gasteiger charge is 2.17. The maximum Gasteiger partial charge on any atom is 0.253 e. The van der Waals surface area contributed by atoms with Crippen LogP contribution in [-0.4, -0.2) is 26.1 Å². The van der Waals surface area contributed by atoms with Crippen molar-refractivity contribution >= 4 is 17.5 Å². The molecule has 2 N–H and O–H groups in total. The Morgan fingerprint density at radius 3 is 2.70 bits per heavy atom. The minimum Gasteiger partial charge on any atom is -0.342 e. The standard InChI is InChI=1S/C16H14ClN5O/c1-10(19-16(23)12-4-2-3-5-13(12)17)14-20-15(22-21-14)11-6-8-18-9-7-11/h2-10H,1H3,(H,19,23)(H,20,21,22)/t10-/m0/s1. The highest BCUT2D eigenvalue weighted by atomic mass is 35.5. The lowest BCUT2D eigenvalue weighted by molar-refractivity contribution is 0.0938. The van der Waals surface area contributed by atoms with E-state index in [-0.39, 0.29) is 11.9 Å². The van der Waals surface area contributed by atoms with Crippen molar-refractivity contribution in [2.75, 3.05) is 0 Å². The Bertz CT molecular complexity index is 818. The number of aromatic nitrogens is 4. The second-order valence-electron chi connectivity index (χ2n) is 4.96. The first kappa shape index (κ1) is 15.2. The van der Waals surface area contributed by atoms with E-state index in [9.17, 15) is 4.79 Å². The largest absolute Gasteiger partial charge is 0.342 e.